The topological polar surface area (TPSA) is 17.0 Å². The molecule has 0 atom stereocenters. The maximum Gasteiger partial charge on any atom is 0.334 e. The first-order valence-corrected chi connectivity index (χ1v) is 5.34. The molecule has 0 saturated carbocycles. The Morgan fingerprint density at radius 2 is 1.85 bits per heavy atom. The van der Waals surface area contributed by atoms with Gasteiger partial charge in [-0.3, -0.25) is 0 Å². The highest BCUT2D eigenvalue weighted by Gasteiger charge is 1.99. The van der Waals surface area contributed by atoms with Crippen LogP contribution < -0.4 is 4.57 Å². The first kappa shape index (κ1) is 10.3. The van der Waals surface area contributed by atoms with E-state index in [2.05, 4.69) is 11.5 Å². The van der Waals surface area contributed by atoms with Crippen molar-refractivity contribution >= 4 is 0 Å². The molecule has 0 unspecified atom stereocenters. The number of hydrogen-bond donors (Lipinski definition) is 0. The molecule has 1 aromatic rings. The molecule has 0 spiro atoms. The second kappa shape index (κ2) is 6.70. The minimum atomic E-state index is 1.10. The smallest absolute Gasteiger partial charge is 0.334 e. The van der Waals surface area contributed by atoms with Gasteiger partial charge < -0.3 is 4.42 Å². The molecule has 0 aliphatic rings. The lowest BCUT2D eigenvalue weighted by Crippen LogP contribution is -2.29. The third-order valence-corrected chi connectivity index (χ3v) is 2.30. The van der Waals surface area contributed by atoms with Crippen molar-refractivity contribution in [1.29, 1.82) is 0 Å². The number of rotatable bonds is 7. The molecule has 1 heterocycles. The van der Waals surface area contributed by atoms with Crippen LogP contribution in [0.5, 0.6) is 0 Å². The van der Waals surface area contributed by atoms with E-state index in [4.69, 9.17) is 4.42 Å². The summed E-state index contributed by atoms with van der Waals surface area (Å²) in [5, 5.41) is 0. The summed E-state index contributed by atoms with van der Waals surface area (Å²) in [5.41, 5.74) is 0. The zero-order chi connectivity index (χ0) is 9.36. The first-order valence-electron chi connectivity index (χ1n) is 5.34. The summed E-state index contributed by atoms with van der Waals surface area (Å²) in [6, 6.07) is 0. The Kier molecular flexibility index (Phi) is 5.30. The van der Waals surface area contributed by atoms with E-state index in [-0.39, 0.29) is 0 Å². The number of nitrogens with zero attached hydrogens (tertiary/aromatic N) is 1. The van der Waals surface area contributed by atoms with E-state index in [1.807, 2.05) is 6.20 Å². The third kappa shape index (κ3) is 4.71. The molecular weight excluding hydrogens is 162 g/mol. The average molecular weight is 182 g/mol. The molecule has 13 heavy (non-hydrogen) atoms. The van der Waals surface area contributed by atoms with E-state index in [1.165, 1.54) is 38.5 Å². The van der Waals surface area contributed by atoms with E-state index in [1.54, 1.807) is 12.7 Å². The summed E-state index contributed by atoms with van der Waals surface area (Å²) in [5.74, 6) is 0. The monoisotopic (exact) mass is 182 g/mol. The van der Waals surface area contributed by atoms with Crippen molar-refractivity contribution in [2.75, 3.05) is 0 Å². The van der Waals surface area contributed by atoms with E-state index in [9.17, 15) is 0 Å². The van der Waals surface area contributed by atoms with Gasteiger partial charge in [0.05, 0.1) is 0 Å². The molecule has 0 aromatic carbocycles. The fourth-order valence-corrected chi connectivity index (χ4v) is 1.46. The van der Waals surface area contributed by atoms with Gasteiger partial charge in [-0.2, -0.15) is 4.57 Å². The van der Waals surface area contributed by atoms with E-state index >= 15 is 0 Å². The highest BCUT2D eigenvalue weighted by Crippen LogP contribution is 2.04. The van der Waals surface area contributed by atoms with Crippen LogP contribution in [0.2, 0.25) is 0 Å². The second-order valence-electron chi connectivity index (χ2n) is 3.53. The lowest BCUT2D eigenvalue weighted by atomic mass is 10.1. The van der Waals surface area contributed by atoms with Crippen LogP contribution in [0.15, 0.2) is 23.3 Å². The molecule has 2 heteroatoms. The summed E-state index contributed by atoms with van der Waals surface area (Å²) >= 11 is 0. The molecule has 0 N–H and O–H groups in total. The fraction of sp³-hybridized carbons (Fsp3) is 0.727. The first-order chi connectivity index (χ1) is 6.43. The zero-order valence-electron chi connectivity index (χ0n) is 8.54. The van der Waals surface area contributed by atoms with Crippen molar-refractivity contribution in [3.63, 3.8) is 0 Å². The SMILES string of the molecule is CCCCCCCC[n+]1ccoc1. The lowest BCUT2D eigenvalue weighted by molar-refractivity contribution is -0.700. The van der Waals surface area contributed by atoms with Crippen LogP contribution in [-0.2, 0) is 6.54 Å². The van der Waals surface area contributed by atoms with E-state index < -0.39 is 0 Å². The summed E-state index contributed by atoms with van der Waals surface area (Å²) in [4.78, 5) is 0. The predicted octanol–water partition coefficient (Wildman–Crippen LogP) is 2.93. The van der Waals surface area contributed by atoms with E-state index in [0.29, 0.717) is 0 Å². The maximum absolute atomic E-state index is 4.97. The standard InChI is InChI=1S/C11H20NO/c1-2-3-4-5-6-7-8-12-9-10-13-11-12/h9-11H,2-8H2,1H3/q+1. The van der Waals surface area contributed by atoms with Gasteiger partial charge >= 0.3 is 6.39 Å². The summed E-state index contributed by atoms with van der Waals surface area (Å²) < 4.78 is 7.07. The van der Waals surface area contributed by atoms with Crippen LogP contribution in [0.3, 0.4) is 0 Å². The number of aryl methyl sites for hydroxylation is 1. The Balaban J connectivity index is 1.90. The highest BCUT2D eigenvalue weighted by molar-refractivity contribution is 4.47. The molecule has 0 bridgehead atoms. The van der Waals surface area contributed by atoms with Crippen molar-refractivity contribution < 1.29 is 8.98 Å². The molecular formula is C11H20NO+. The van der Waals surface area contributed by atoms with Crippen LogP contribution in [0.25, 0.3) is 0 Å². The third-order valence-electron chi connectivity index (χ3n) is 2.30. The van der Waals surface area contributed by atoms with Gasteiger partial charge in [0.25, 0.3) is 0 Å². The minimum absolute atomic E-state index is 1.10. The largest absolute Gasteiger partial charge is 0.412 e. The summed E-state index contributed by atoms with van der Waals surface area (Å²) in [6.45, 7) is 3.35. The molecule has 0 amide bonds. The van der Waals surface area contributed by atoms with E-state index in [0.717, 1.165) is 6.54 Å². The Morgan fingerprint density at radius 1 is 1.08 bits per heavy atom. The molecule has 0 aliphatic heterocycles. The quantitative estimate of drug-likeness (QED) is 0.468. The second-order valence-corrected chi connectivity index (χ2v) is 3.53. The van der Waals surface area contributed by atoms with Crippen molar-refractivity contribution in [2.45, 2.75) is 52.0 Å². The molecule has 0 radical (unpaired) electrons. The Hall–Kier alpha value is -0.790. The van der Waals surface area contributed by atoms with Crippen LogP contribution in [0.1, 0.15) is 45.4 Å². The number of aromatic nitrogens is 1. The average Bonchev–Trinajstić information content (AvgIpc) is 2.63. The van der Waals surface area contributed by atoms with Crippen molar-refractivity contribution in [3.05, 3.63) is 18.9 Å². The normalized spacial score (nSPS) is 10.5. The van der Waals surface area contributed by atoms with Gasteiger partial charge in [0.15, 0.2) is 12.8 Å². The molecule has 0 aliphatic carbocycles. The van der Waals surface area contributed by atoms with Gasteiger partial charge in [0.1, 0.15) is 0 Å². The van der Waals surface area contributed by atoms with Gasteiger partial charge in [0.2, 0.25) is 6.20 Å². The van der Waals surface area contributed by atoms with Gasteiger partial charge in [-0.1, -0.05) is 32.6 Å². The van der Waals surface area contributed by atoms with Crippen molar-refractivity contribution in [1.82, 2.24) is 0 Å². The van der Waals surface area contributed by atoms with Crippen LogP contribution >= 0.6 is 0 Å². The number of hydrogen-bond acceptors (Lipinski definition) is 1. The van der Waals surface area contributed by atoms with Gasteiger partial charge in [-0.25, -0.2) is 0 Å². The Morgan fingerprint density at radius 3 is 2.54 bits per heavy atom. The van der Waals surface area contributed by atoms with Crippen LogP contribution in [0.4, 0.5) is 0 Å². The predicted molar refractivity (Wildman–Crippen MR) is 52.3 cm³/mol. The Labute approximate surface area is 80.6 Å². The van der Waals surface area contributed by atoms with Crippen LogP contribution in [0, 0.1) is 0 Å². The maximum atomic E-state index is 4.97. The number of unbranched alkanes of at least 4 members (excludes halogenated alkanes) is 5. The van der Waals surface area contributed by atoms with Gasteiger partial charge in [-0.15, -0.1) is 0 Å². The fourth-order valence-electron chi connectivity index (χ4n) is 1.46. The lowest BCUT2D eigenvalue weighted by Gasteiger charge is -1.96. The molecule has 1 rings (SSSR count). The minimum Gasteiger partial charge on any atom is -0.412 e. The molecule has 74 valence electrons. The Bertz CT molecular complexity index is 194. The summed E-state index contributed by atoms with van der Waals surface area (Å²) in [6.07, 6.45) is 13.6. The van der Waals surface area contributed by atoms with Crippen LogP contribution in [-0.4, -0.2) is 0 Å². The van der Waals surface area contributed by atoms with Gasteiger partial charge in [0, 0.05) is 6.42 Å². The van der Waals surface area contributed by atoms with Gasteiger partial charge in [-0.05, 0) is 6.42 Å². The number of oxazole rings is 1. The molecule has 2 nitrogen and oxygen atoms in total. The highest BCUT2D eigenvalue weighted by atomic mass is 16.3. The van der Waals surface area contributed by atoms with Crippen molar-refractivity contribution in [3.8, 4) is 0 Å². The zero-order valence-corrected chi connectivity index (χ0v) is 8.54. The molecule has 0 saturated heterocycles. The molecule has 1 aromatic heterocycles. The van der Waals surface area contributed by atoms with Crippen molar-refractivity contribution in [2.24, 2.45) is 0 Å². The molecule has 0 fully saturated rings. The summed E-state index contributed by atoms with van der Waals surface area (Å²) in [7, 11) is 0.